The summed E-state index contributed by atoms with van der Waals surface area (Å²) in [5, 5.41) is 11.9. The van der Waals surface area contributed by atoms with Gasteiger partial charge in [-0.3, -0.25) is 0 Å². The molecule has 1 aromatic heterocycles. The van der Waals surface area contributed by atoms with Crippen molar-refractivity contribution in [3.8, 4) is 11.8 Å². The molecular weight excluding hydrogens is 268 g/mol. The van der Waals surface area contributed by atoms with Gasteiger partial charge in [-0.2, -0.15) is 5.26 Å². The molecule has 0 N–H and O–H groups in total. The molecule has 22 heavy (non-hydrogen) atoms. The van der Waals surface area contributed by atoms with Gasteiger partial charge in [-0.25, -0.2) is 0 Å². The standard InChI is InChI=1S/C20H14N2/c1-14-7-6-8-15(13-21)20(14)22-18-11-4-2-9-16(18)17-10-3-5-12-19(17)22/h2-12H,1H3. The van der Waals surface area contributed by atoms with Gasteiger partial charge in [0.15, 0.2) is 0 Å². The van der Waals surface area contributed by atoms with Crippen molar-refractivity contribution < 1.29 is 0 Å². The number of fused-ring (bicyclic) bond motifs is 3. The zero-order chi connectivity index (χ0) is 15.1. The molecule has 0 aliphatic rings. The molecule has 104 valence electrons. The third kappa shape index (κ3) is 1.66. The van der Waals surface area contributed by atoms with Crippen LogP contribution in [0.2, 0.25) is 0 Å². The van der Waals surface area contributed by atoms with Gasteiger partial charge < -0.3 is 4.57 Å². The van der Waals surface area contributed by atoms with Crippen LogP contribution in [0, 0.1) is 18.3 Å². The number of benzene rings is 3. The SMILES string of the molecule is Cc1cccc(C#N)c1-n1c2ccccc2c2ccccc21. The second kappa shape index (κ2) is 4.75. The molecule has 0 bridgehead atoms. The molecule has 0 saturated heterocycles. The summed E-state index contributed by atoms with van der Waals surface area (Å²) in [6.45, 7) is 2.06. The molecule has 4 aromatic rings. The fourth-order valence-corrected chi connectivity index (χ4v) is 3.21. The van der Waals surface area contributed by atoms with E-state index in [2.05, 4.69) is 60.0 Å². The summed E-state index contributed by atoms with van der Waals surface area (Å²) in [5.41, 5.74) is 5.04. The van der Waals surface area contributed by atoms with E-state index in [1.807, 2.05) is 24.3 Å². The fourth-order valence-electron chi connectivity index (χ4n) is 3.21. The number of para-hydroxylation sites is 3. The van der Waals surface area contributed by atoms with Gasteiger partial charge in [0.1, 0.15) is 6.07 Å². The van der Waals surface area contributed by atoms with Crippen LogP contribution in [-0.2, 0) is 0 Å². The Morgan fingerprint density at radius 3 is 1.95 bits per heavy atom. The lowest BCUT2D eigenvalue weighted by atomic mass is 10.1. The van der Waals surface area contributed by atoms with E-state index in [9.17, 15) is 5.26 Å². The highest BCUT2D eigenvalue weighted by molar-refractivity contribution is 6.09. The lowest BCUT2D eigenvalue weighted by molar-refractivity contribution is 1.14. The summed E-state index contributed by atoms with van der Waals surface area (Å²) in [6.07, 6.45) is 0. The topological polar surface area (TPSA) is 28.7 Å². The smallest absolute Gasteiger partial charge is 0.101 e. The summed E-state index contributed by atoms with van der Waals surface area (Å²) in [5.74, 6) is 0. The second-order valence-corrected chi connectivity index (χ2v) is 5.45. The Hall–Kier alpha value is -3.05. The first-order valence-corrected chi connectivity index (χ1v) is 7.29. The minimum atomic E-state index is 0.700. The van der Waals surface area contributed by atoms with Crippen LogP contribution in [0.5, 0.6) is 0 Å². The number of hydrogen-bond donors (Lipinski definition) is 0. The van der Waals surface area contributed by atoms with Gasteiger partial charge in [0.05, 0.1) is 22.3 Å². The van der Waals surface area contributed by atoms with E-state index < -0.39 is 0 Å². The summed E-state index contributed by atoms with van der Waals surface area (Å²) in [6, 6.07) is 24.9. The van der Waals surface area contributed by atoms with Crippen LogP contribution in [0.4, 0.5) is 0 Å². The molecule has 0 fully saturated rings. The Balaban J connectivity index is 2.27. The molecule has 2 heteroatoms. The molecule has 4 rings (SSSR count). The lowest BCUT2D eigenvalue weighted by Gasteiger charge is -2.12. The van der Waals surface area contributed by atoms with E-state index in [0.717, 1.165) is 22.3 Å². The van der Waals surface area contributed by atoms with Crippen molar-refractivity contribution in [2.75, 3.05) is 0 Å². The Labute approximate surface area is 128 Å². The largest absolute Gasteiger partial charge is 0.308 e. The number of rotatable bonds is 1. The molecule has 2 nitrogen and oxygen atoms in total. The molecular formula is C20H14N2. The molecule has 0 amide bonds. The Bertz CT molecular complexity index is 995. The van der Waals surface area contributed by atoms with E-state index in [-0.39, 0.29) is 0 Å². The van der Waals surface area contributed by atoms with Crippen molar-refractivity contribution in [3.05, 3.63) is 77.9 Å². The average molecular weight is 282 g/mol. The molecule has 1 heterocycles. The lowest BCUT2D eigenvalue weighted by Crippen LogP contribution is -2.00. The van der Waals surface area contributed by atoms with E-state index >= 15 is 0 Å². The van der Waals surface area contributed by atoms with E-state index in [4.69, 9.17) is 0 Å². The molecule has 0 unspecified atom stereocenters. The minimum absolute atomic E-state index is 0.700. The predicted octanol–water partition coefficient (Wildman–Crippen LogP) is 4.96. The number of aryl methyl sites for hydroxylation is 1. The Kier molecular flexibility index (Phi) is 2.74. The van der Waals surface area contributed by atoms with Gasteiger partial charge in [-0.1, -0.05) is 48.5 Å². The third-order valence-electron chi connectivity index (χ3n) is 4.16. The Morgan fingerprint density at radius 1 is 0.773 bits per heavy atom. The molecule has 0 radical (unpaired) electrons. The summed E-state index contributed by atoms with van der Waals surface area (Å²) in [4.78, 5) is 0. The maximum Gasteiger partial charge on any atom is 0.101 e. The van der Waals surface area contributed by atoms with Crippen molar-refractivity contribution in [2.45, 2.75) is 6.92 Å². The van der Waals surface area contributed by atoms with Crippen molar-refractivity contribution in [2.24, 2.45) is 0 Å². The first-order chi connectivity index (χ1) is 10.8. The van der Waals surface area contributed by atoms with Gasteiger partial charge in [-0.15, -0.1) is 0 Å². The molecule has 0 atom stereocenters. The highest BCUT2D eigenvalue weighted by Crippen LogP contribution is 2.33. The average Bonchev–Trinajstić information content (AvgIpc) is 2.89. The van der Waals surface area contributed by atoms with Crippen molar-refractivity contribution in [1.29, 1.82) is 5.26 Å². The molecule has 3 aromatic carbocycles. The van der Waals surface area contributed by atoms with Crippen LogP contribution in [0.3, 0.4) is 0 Å². The number of nitrogens with zero attached hydrogens (tertiary/aromatic N) is 2. The molecule has 0 spiro atoms. The molecule has 0 aliphatic heterocycles. The highest BCUT2D eigenvalue weighted by atomic mass is 15.0. The van der Waals surface area contributed by atoms with Crippen molar-refractivity contribution in [3.63, 3.8) is 0 Å². The number of aromatic nitrogens is 1. The monoisotopic (exact) mass is 282 g/mol. The minimum Gasteiger partial charge on any atom is -0.308 e. The number of nitriles is 1. The molecule has 0 aliphatic carbocycles. The van der Waals surface area contributed by atoms with Gasteiger partial charge in [-0.05, 0) is 30.7 Å². The van der Waals surface area contributed by atoms with Crippen LogP contribution in [-0.4, -0.2) is 4.57 Å². The van der Waals surface area contributed by atoms with Gasteiger partial charge >= 0.3 is 0 Å². The van der Waals surface area contributed by atoms with Crippen LogP contribution < -0.4 is 0 Å². The van der Waals surface area contributed by atoms with E-state index in [0.29, 0.717) is 5.56 Å². The highest BCUT2D eigenvalue weighted by Gasteiger charge is 2.15. The first kappa shape index (κ1) is 12.7. The van der Waals surface area contributed by atoms with Crippen molar-refractivity contribution >= 4 is 21.8 Å². The summed E-state index contributed by atoms with van der Waals surface area (Å²) < 4.78 is 2.21. The predicted molar refractivity (Wildman–Crippen MR) is 90.2 cm³/mol. The van der Waals surface area contributed by atoms with Crippen LogP contribution in [0.1, 0.15) is 11.1 Å². The maximum atomic E-state index is 9.52. The van der Waals surface area contributed by atoms with Crippen LogP contribution >= 0.6 is 0 Å². The van der Waals surface area contributed by atoms with Crippen LogP contribution in [0.15, 0.2) is 66.7 Å². The van der Waals surface area contributed by atoms with Gasteiger partial charge in [0, 0.05) is 10.8 Å². The van der Waals surface area contributed by atoms with Crippen molar-refractivity contribution in [1.82, 2.24) is 4.57 Å². The van der Waals surface area contributed by atoms with E-state index in [1.165, 1.54) is 10.8 Å². The zero-order valence-electron chi connectivity index (χ0n) is 12.2. The number of hydrogen-bond acceptors (Lipinski definition) is 1. The maximum absolute atomic E-state index is 9.52. The molecule has 0 saturated carbocycles. The quantitative estimate of drug-likeness (QED) is 0.485. The summed E-state index contributed by atoms with van der Waals surface area (Å²) >= 11 is 0. The van der Waals surface area contributed by atoms with E-state index in [1.54, 1.807) is 0 Å². The van der Waals surface area contributed by atoms with Gasteiger partial charge in [0.2, 0.25) is 0 Å². The summed E-state index contributed by atoms with van der Waals surface area (Å²) in [7, 11) is 0. The van der Waals surface area contributed by atoms with Crippen LogP contribution in [0.25, 0.3) is 27.5 Å². The zero-order valence-corrected chi connectivity index (χ0v) is 12.2. The first-order valence-electron chi connectivity index (χ1n) is 7.29. The second-order valence-electron chi connectivity index (χ2n) is 5.45. The third-order valence-corrected chi connectivity index (χ3v) is 4.16. The Morgan fingerprint density at radius 2 is 1.36 bits per heavy atom. The van der Waals surface area contributed by atoms with Gasteiger partial charge in [0.25, 0.3) is 0 Å². The fraction of sp³-hybridized carbons (Fsp3) is 0.0500. The normalized spacial score (nSPS) is 10.9.